The third kappa shape index (κ3) is 7.86. The number of carbonyl (C=O) groups is 2. The van der Waals surface area contributed by atoms with Crippen LogP contribution in [0.3, 0.4) is 0 Å². The van der Waals surface area contributed by atoms with Gasteiger partial charge < -0.3 is 19.7 Å². The fraction of sp³-hybridized carbons (Fsp3) is 0.235. The maximum atomic E-state index is 14.4. The molecule has 1 N–H and O–H groups in total. The van der Waals surface area contributed by atoms with Crippen molar-refractivity contribution in [2.75, 3.05) is 30.6 Å². The summed E-state index contributed by atoms with van der Waals surface area (Å²) in [6.07, 6.45) is 0.192. The largest absolute Gasteiger partial charge is 0.486 e. The molecule has 0 unspecified atom stereocenters. The normalized spacial score (nSPS) is 13.0. The molecule has 0 saturated carbocycles. The molecule has 240 valence electrons. The van der Waals surface area contributed by atoms with Crippen molar-refractivity contribution in [3.05, 3.63) is 118 Å². The molecule has 4 aromatic rings. The fourth-order valence-corrected chi connectivity index (χ4v) is 7.00. The highest BCUT2D eigenvalue weighted by atomic mass is 79.9. The molecule has 1 heterocycles. The molecular formula is C34H33BrFN3O6S. The van der Waals surface area contributed by atoms with E-state index in [0.29, 0.717) is 18.9 Å². The Morgan fingerprint density at radius 3 is 2.28 bits per heavy atom. The average molecular weight is 711 g/mol. The Morgan fingerprint density at radius 1 is 0.891 bits per heavy atom. The number of benzene rings is 4. The van der Waals surface area contributed by atoms with E-state index in [-0.39, 0.29) is 41.8 Å². The Hall–Kier alpha value is -4.42. The van der Waals surface area contributed by atoms with Crippen LogP contribution >= 0.6 is 15.9 Å². The lowest BCUT2D eigenvalue weighted by Gasteiger charge is -2.34. The summed E-state index contributed by atoms with van der Waals surface area (Å²) < 4.78 is 55.3. The van der Waals surface area contributed by atoms with Gasteiger partial charge in [0.2, 0.25) is 11.8 Å². The lowest BCUT2D eigenvalue weighted by atomic mass is 10.0. The summed E-state index contributed by atoms with van der Waals surface area (Å²) in [4.78, 5) is 29.3. The number of halogens is 2. The lowest BCUT2D eigenvalue weighted by molar-refractivity contribution is -0.140. The summed E-state index contributed by atoms with van der Waals surface area (Å²) in [5.74, 6) is -0.911. The molecular weight excluding hydrogens is 677 g/mol. The maximum absolute atomic E-state index is 14.4. The molecule has 0 radical (unpaired) electrons. The van der Waals surface area contributed by atoms with E-state index in [4.69, 9.17) is 9.47 Å². The van der Waals surface area contributed by atoms with Crippen molar-refractivity contribution in [3.63, 3.8) is 0 Å². The first-order valence-corrected chi connectivity index (χ1v) is 16.9. The first-order chi connectivity index (χ1) is 22.2. The third-order valence-electron chi connectivity index (χ3n) is 7.36. The first kappa shape index (κ1) is 33.0. The second-order valence-corrected chi connectivity index (χ2v) is 13.3. The SMILES string of the molecule is CCNC(=O)[C@@H](Cc1ccccc1)N(Cc1cccc(Br)c1)C(=O)CN(c1ccc(F)cc1)S(=O)(=O)c1ccc2c(c1)OCCO2. The monoisotopic (exact) mass is 709 g/mol. The molecule has 0 bridgehead atoms. The van der Waals surface area contributed by atoms with Gasteiger partial charge in [-0.25, -0.2) is 12.8 Å². The molecule has 4 aromatic carbocycles. The van der Waals surface area contributed by atoms with Crippen LogP contribution in [-0.2, 0) is 32.6 Å². The Kier molecular flexibility index (Phi) is 10.6. The highest BCUT2D eigenvalue weighted by Gasteiger charge is 2.35. The van der Waals surface area contributed by atoms with E-state index in [2.05, 4.69) is 21.2 Å². The number of hydrogen-bond donors (Lipinski definition) is 1. The van der Waals surface area contributed by atoms with Gasteiger partial charge in [-0.1, -0.05) is 58.4 Å². The van der Waals surface area contributed by atoms with Gasteiger partial charge in [-0.3, -0.25) is 13.9 Å². The minimum Gasteiger partial charge on any atom is -0.486 e. The van der Waals surface area contributed by atoms with E-state index in [1.54, 1.807) is 6.92 Å². The van der Waals surface area contributed by atoms with Crippen molar-refractivity contribution < 1.29 is 31.9 Å². The summed E-state index contributed by atoms with van der Waals surface area (Å²) in [6, 6.07) is 24.7. The number of ether oxygens (including phenoxy) is 2. The third-order valence-corrected chi connectivity index (χ3v) is 9.62. The first-order valence-electron chi connectivity index (χ1n) is 14.7. The summed E-state index contributed by atoms with van der Waals surface area (Å²) in [5, 5.41) is 2.83. The van der Waals surface area contributed by atoms with Crippen LogP contribution in [0.4, 0.5) is 10.1 Å². The van der Waals surface area contributed by atoms with Crippen LogP contribution in [0, 0.1) is 5.82 Å². The topological polar surface area (TPSA) is 105 Å². The fourth-order valence-electron chi connectivity index (χ4n) is 5.13. The van der Waals surface area contributed by atoms with Crippen molar-refractivity contribution in [2.24, 2.45) is 0 Å². The zero-order valence-corrected chi connectivity index (χ0v) is 27.5. The molecule has 9 nitrogen and oxygen atoms in total. The van der Waals surface area contributed by atoms with Crippen molar-refractivity contribution in [3.8, 4) is 11.5 Å². The number of fused-ring (bicyclic) bond motifs is 1. The number of amides is 2. The smallest absolute Gasteiger partial charge is 0.264 e. The van der Waals surface area contributed by atoms with Crippen molar-refractivity contribution >= 4 is 43.5 Å². The highest BCUT2D eigenvalue weighted by Crippen LogP contribution is 2.34. The predicted molar refractivity (Wildman–Crippen MR) is 176 cm³/mol. The number of nitrogens with zero attached hydrogens (tertiary/aromatic N) is 2. The number of hydrogen-bond acceptors (Lipinski definition) is 6. The second-order valence-electron chi connectivity index (χ2n) is 10.5. The van der Waals surface area contributed by atoms with E-state index >= 15 is 0 Å². The predicted octanol–water partition coefficient (Wildman–Crippen LogP) is 5.33. The summed E-state index contributed by atoms with van der Waals surface area (Å²) in [6.45, 7) is 2.06. The molecule has 1 aliphatic heterocycles. The molecule has 12 heteroatoms. The highest BCUT2D eigenvalue weighted by molar-refractivity contribution is 9.10. The van der Waals surface area contributed by atoms with Crippen molar-refractivity contribution in [1.82, 2.24) is 10.2 Å². The Bertz CT molecular complexity index is 1790. The van der Waals surface area contributed by atoms with Crippen LogP contribution < -0.4 is 19.1 Å². The van der Waals surface area contributed by atoms with Crippen LogP contribution in [0.25, 0.3) is 0 Å². The van der Waals surface area contributed by atoms with E-state index < -0.39 is 34.3 Å². The van der Waals surface area contributed by atoms with Gasteiger partial charge in [-0.05, 0) is 66.6 Å². The van der Waals surface area contributed by atoms with E-state index in [1.807, 2.05) is 54.6 Å². The number of carbonyl (C=O) groups excluding carboxylic acids is 2. The maximum Gasteiger partial charge on any atom is 0.264 e. The lowest BCUT2D eigenvalue weighted by Crippen LogP contribution is -2.53. The van der Waals surface area contributed by atoms with Crippen LogP contribution in [0.15, 0.2) is 106 Å². The molecule has 0 spiro atoms. The molecule has 0 aromatic heterocycles. The van der Waals surface area contributed by atoms with Gasteiger partial charge in [0.05, 0.1) is 10.6 Å². The van der Waals surface area contributed by atoms with Crippen LogP contribution in [-0.4, -0.2) is 57.5 Å². The Labute approximate surface area is 276 Å². The Morgan fingerprint density at radius 2 is 1.59 bits per heavy atom. The summed E-state index contributed by atoms with van der Waals surface area (Å²) >= 11 is 3.47. The zero-order valence-electron chi connectivity index (χ0n) is 25.1. The van der Waals surface area contributed by atoms with Crippen molar-refractivity contribution in [1.29, 1.82) is 0 Å². The minimum absolute atomic E-state index is 0.0221. The van der Waals surface area contributed by atoms with Crippen LogP contribution in [0.5, 0.6) is 11.5 Å². The van der Waals surface area contributed by atoms with Gasteiger partial charge in [-0.15, -0.1) is 0 Å². The molecule has 1 aliphatic rings. The van der Waals surface area contributed by atoms with Gasteiger partial charge in [0.1, 0.15) is 31.6 Å². The van der Waals surface area contributed by atoms with Crippen molar-refractivity contribution in [2.45, 2.75) is 30.8 Å². The summed E-state index contributed by atoms with van der Waals surface area (Å²) in [7, 11) is -4.40. The van der Waals surface area contributed by atoms with Crippen LogP contribution in [0.2, 0.25) is 0 Å². The quantitative estimate of drug-likeness (QED) is 0.213. The molecule has 1 atom stereocenters. The van der Waals surface area contributed by atoms with E-state index in [1.165, 1.54) is 35.2 Å². The average Bonchev–Trinajstić information content (AvgIpc) is 3.06. The minimum atomic E-state index is -4.40. The molecule has 2 amide bonds. The molecule has 0 aliphatic carbocycles. The van der Waals surface area contributed by atoms with E-state index in [9.17, 15) is 22.4 Å². The molecule has 0 fully saturated rings. The van der Waals surface area contributed by atoms with Gasteiger partial charge in [0.25, 0.3) is 10.0 Å². The van der Waals surface area contributed by atoms with Gasteiger partial charge >= 0.3 is 0 Å². The van der Waals surface area contributed by atoms with Gasteiger partial charge in [-0.2, -0.15) is 0 Å². The molecule has 0 saturated heterocycles. The van der Waals surface area contributed by atoms with Gasteiger partial charge in [0, 0.05) is 30.0 Å². The number of anilines is 1. The summed E-state index contributed by atoms with van der Waals surface area (Å²) in [5.41, 5.74) is 1.63. The standard InChI is InChI=1S/C34H33BrFN3O6S/c1-2-37-34(41)30(20-24-7-4-3-5-8-24)38(22-25-9-6-10-26(35)19-25)33(40)23-39(28-13-11-27(36)12-14-28)46(42,43)29-15-16-31-32(21-29)45-18-17-44-31/h3-16,19,21,30H,2,17-18,20,22-23H2,1H3,(H,37,41)/t30-/m1/s1. The number of nitrogens with one attached hydrogen (secondary N) is 1. The number of likely N-dealkylation sites (N-methyl/N-ethyl adjacent to an activating group) is 1. The van der Waals surface area contributed by atoms with E-state index in [0.717, 1.165) is 32.0 Å². The second kappa shape index (κ2) is 14.8. The molecule has 46 heavy (non-hydrogen) atoms. The molecule has 5 rings (SSSR count). The number of rotatable bonds is 12. The van der Waals surface area contributed by atoms with Crippen LogP contribution in [0.1, 0.15) is 18.1 Å². The zero-order chi connectivity index (χ0) is 32.7. The number of sulfonamides is 1. The Balaban J connectivity index is 1.57. The van der Waals surface area contributed by atoms with Gasteiger partial charge in [0.15, 0.2) is 11.5 Å².